The Morgan fingerprint density at radius 1 is 1.07 bits per heavy atom. The third-order valence-electron chi connectivity index (χ3n) is 5.15. The molecule has 156 valence electrons. The lowest BCUT2D eigenvalue weighted by atomic mass is 10.1. The summed E-state index contributed by atoms with van der Waals surface area (Å²) in [5.41, 5.74) is 2.30. The molecule has 0 saturated carbocycles. The van der Waals surface area contributed by atoms with Crippen molar-refractivity contribution < 1.29 is 4.79 Å². The first-order valence-corrected chi connectivity index (χ1v) is 10.3. The number of aromatic nitrogens is 4. The van der Waals surface area contributed by atoms with Crippen LogP contribution >= 0.6 is 0 Å². The fraction of sp³-hybridized carbons (Fsp3) is 0.364. The number of hydrogen-bond acceptors (Lipinski definition) is 6. The number of nitrogens with zero attached hydrogens (tertiary/aromatic N) is 5. The number of carbonyl (C=O) groups excluding carboxylic acids is 1. The summed E-state index contributed by atoms with van der Waals surface area (Å²) in [5, 5.41) is 10.7. The Balaban J connectivity index is 1.32. The Morgan fingerprint density at radius 2 is 1.83 bits per heavy atom. The van der Waals surface area contributed by atoms with Crippen molar-refractivity contribution in [3.63, 3.8) is 0 Å². The minimum Gasteiger partial charge on any atom is -0.368 e. The van der Waals surface area contributed by atoms with Crippen molar-refractivity contribution in [2.24, 2.45) is 7.05 Å². The van der Waals surface area contributed by atoms with Crippen molar-refractivity contribution in [3.05, 3.63) is 54.0 Å². The van der Waals surface area contributed by atoms with Crippen LogP contribution < -0.4 is 15.5 Å². The van der Waals surface area contributed by atoms with E-state index in [4.69, 9.17) is 0 Å². The Morgan fingerprint density at radius 3 is 2.60 bits per heavy atom. The predicted molar refractivity (Wildman–Crippen MR) is 118 cm³/mol. The normalized spacial score (nSPS) is 13.5. The topological polar surface area (TPSA) is 88.0 Å². The van der Waals surface area contributed by atoms with Gasteiger partial charge in [-0.25, -0.2) is 9.97 Å². The lowest BCUT2D eigenvalue weighted by Gasteiger charge is -2.17. The maximum Gasteiger partial charge on any atom is 0.269 e. The molecule has 4 rings (SSSR count). The third kappa shape index (κ3) is 4.59. The molecule has 8 heteroatoms. The van der Waals surface area contributed by atoms with Crippen LogP contribution in [-0.4, -0.2) is 51.8 Å². The number of anilines is 2. The molecule has 0 bridgehead atoms. The molecule has 3 aromatic rings. The van der Waals surface area contributed by atoms with Crippen LogP contribution in [0.15, 0.2) is 42.5 Å². The molecular formula is C22H27N7O. The number of aryl methyl sites for hydroxylation is 2. The van der Waals surface area contributed by atoms with Gasteiger partial charge in [0.2, 0.25) is 0 Å². The minimum absolute atomic E-state index is 0.148. The smallest absolute Gasteiger partial charge is 0.269 e. The van der Waals surface area contributed by atoms with Gasteiger partial charge in [-0.05, 0) is 25.8 Å². The molecule has 3 heterocycles. The fourth-order valence-corrected chi connectivity index (χ4v) is 3.64. The van der Waals surface area contributed by atoms with Crippen molar-refractivity contribution in [2.45, 2.75) is 19.8 Å². The molecule has 2 aromatic heterocycles. The predicted octanol–water partition coefficient (Wildman–Crippen LogP) is 2.63. The first-order valence-electron chi connectivity index (χ1n) is 10.3. The third-order valence-corrected chi connectivity index (χ3v) is 5.15. The van der Waals surface area contributed by atoms with Gasteiger partial charge in [0.05, 0.1) is 5.69 Å². The molecular weight excluding hydrogens is 378 g/mol. The fourth-order valence-electron chi connectivity index (χ4n) is 3.64. The zero-order valence-electron chi connectivity index (χ0n) is 17.4. The Labute approximate surface area is 176 Å². The number of hydrogen-bond donors (Lipinski definition) is 2. The molecule has 1 aliphatic heterocycles. The van der Waals surface area contributed by atoms with E-state index in [9.17, 15) is 4.79 Å². The highest BCUT2D eigenvalue weighted by atomic mass is 16.2. The molecule has 1 aliphatic rings. The van der Waals surface area contributed by atoms with Gasteiger partial charge < -0.3 is 15.5 Å². The van der Waals surface area contributed by atoms with Gasteiger partial charge in [-0.3, -0.25) is 9.48 Å². The SMILES string of the molecule is Cc1nc(NCCNC(=O)c2cc(-c3ccccc3)nn2C)cc(N2CCCC2)n1. The van der Waals surface area contributed by atoms with E-state index in [1.54, 1.807) is 11.7 Å². The maximum absolute atomic E-state index is 12.6. The summed E-state index contributed by atoms with van der Waals surface area (Å²) in [6.45, 7) is 5.04. The Kier molecular flexibility index (Phi) is 5.92. The summed E-state index contributed by atoms with van der Waals surface area (Å²) >= 11 is 0. The van der Waals surface area contributed by atoms with Gasteiger partial charge in [-0.15, -0.1) is 0 Å². The van der Waals surface area contributed by atoms with Crippen LogP contribution in [0.3, 0.4) is 0 Å². The number of benzene rings is 1. The van der Waals surface area contributed by atoms with Crippen LogP contribution in [-0.2, 0) is 7.05 Å². The molecule has 2 N–H and O–H groups in total. The van der Waals surface area contributed by atoms with Gasteiger partial charge >= 0.3 is 0 Å². The van der Waals surface area contributed by atoms with E-state index in [-0.39, 0.29) is 5.91 Å². The number of carbonyl (C=O) groups is 1. The standard InChI is InChI=1S/C22H27N7O/c1-16-25-20(15-21(26-16)29-12-6-7-13-29)23-10-11-24-22(30)19-14-18(27-28(19)2)17-8-4-3-5-9-17/h3-5,8-9,14-15H,6-7,10-13H2,1-2H3,(H,24,30)(H,23,25,26). The van der Waals surface area contributed by atoms with E-state index in [0.717, 1.165) is 41.8 Å². The van der Waals surface area contributed by atoms with Crippen LogP contribution in [0.4, 0.5) is 11.6 Å². The van der Waals surface area contributed by atoms with Gasteiger partial charge in [0, 0.05) is 44.9 Å². The summed E-state index contributed by atoms with van der Waals surface area (Å²) in [4.78, 5) is 23.9. The van der Waals surface area contributed by atoms with Crippen molar-refractivity contribution in [1.29, 1.82) is 0 Å². The summed E-state index contributed by atoms with van der Waals surface area (Å²) in [6, 6.07) is 13.6. The van der Waals surface area contributed by atoms with E-state index in [0.29, 0.717) is 18.8 Å². The van der Waals surface area contributed by atoms with Gasteiger partial charge in [0.25, 0.3) is 5.91 Å². The van der Waals surface area contributed by atoms with E-state index in [1.807, 2.05) is 49.4 Å². The Hall–Kier alpha value is -3.42. The summed E-state index contributed by atoms with van der Waals surface area (Å²) in [6.07, 6.45) is 2.41. The first kappa shape index (κ1) is 19.9. The molecule has 1 amide bonds. The van der Waals surface area contributed by atoms with Crippen molar-refractivity contribution >= 4 is 17.5 Å². The van der Waals surface area contributed by atoms with E-state index < -0.39 is 0 Å². The minimum atomic E-state index is -0.148. The molecule has 30 heavy (non-hydrogen) atoms. The van der Waals surface area contributed by atoms with Gasteiger partial charge in [0.15, 0.2) is 0 Å². The van der Waals surface area contributed by atoms with E-state index >= 15 is 0 Å². The molecule has 0 aliphatic carbocycles. The molecule has 0 unspecified atom stereocenters. The average Bonchev–Trinajstić information content (AvgIpc) is 3.41. The van der Waals surface area contributed by atoms with Gasteiger partial charge in [-0.1, -0.05) is 30.3 Å². The second-order valence-electron chi connectivity index (χ2n) is 7.44. The second-order valence-corrected chi connectivity index (χ2v) is 7.44. The van der Waals surface area contributed by atoms with E-state index in [2.05, 4.69) is 30.6 Å². The van der Waals surface area contributed by atoms with Crippen LogP contribution in [0.1, 0.15) is 29.2 Å². The zero-order chi connectivity index (χ0) is 20.9. The quantitative estimate of drug-likeness (QED) is 0.588. The largest absolute Gasteiger partial charge is 0.368 e. The molecule has 0 radical (unpaired) electrons. The highest BCUT2D eigenvalue weighted by Crippen LogP contribution is 2.20. The van der Waals surface area contributed by atoms with Crippen LogP contribution in [0.2, 0.25) is 0 Å². The summed E-state index contributed by atoms with van der Waals surface area (Å²) in [5.74, 6) is 2.35. The van der Waals surface area contributed by atoms with Gasteiger partial charge in [-0.2, -0.15) is 5.10 Å². The highest BCUT2D eigenvalue weighted by molar-refractivity contribution is 5.93. The van der Waals surface area contributed by atoms with Crippen LogP contribution in [0, 0.1) is 6.92 Å². The Bertz CT molecular complexity index is 1010. The van der Waals surface area contributed by atoms with Gasteiger partial charge in [0.1, 0.15) is 23.2 Å². The lowest BCUT2D eigenvalue weighted by molar-refractivity contribution is 0.0946. The maximum atomic E-state index is 12.6. The summed E-state index contributed by atoms with van der Waals surface area (Å²) < 4.78 is 1.61. The van der Waals surface area contributed by atoms with Crippen molar-refractivity contribution in [2.75, 3.05) is 36.4 Å². The first-order chi connectivity index (χ1) is 14.6. The average molecular weight is 406 g/mol. The molecule has 0 atom stereocenters. The molecule has 1 fully saturated rings. The number of amides is 1. The summed E-state index contributed by atoms with van der Waals surface area (Å²) in [7, 11) is 1.78. The molecule has 1 saturated heterocycles. The highest BCUT2D eigenvalue weighted by Gasteiger charge is 2.16. The van der Waals surface area contributed by atoms with E-state index in [1.165, 1.54) is 12.8 Å². The van der Waals surface area contributed by atoms with Crippen molar-refractivity contribution in [1.82, 2.24) is 25.1 Å². The molecule has 1 aromatic carbocycles. The molecule has 8 nitrogen and oxygen atoms in total. The monoisotopic (exact) mass is 405 g/mol. The molecule has 0 spiro atoms. The van der Waals surface area contributed by atoms with Crippen LogP contribution in [0.5, 0.6) is 0 Å². The number of rotatable bonds is 7. The zero-order valence-corrected chi connectivity index (χ0v) is 17.4. The van der Waals surface area contributed by atoms with Crippen LogP contribution in [0.25, 0.3) is 11.3 Å². The lowest BCUT2D eigenvalue weighted by Crippen LogP contribution is -2.30. The second kappa shape index (κ2) is 8.94. The van der Waals surface area contributed by atoms with Crippen molar-refractivity contribution in [3.8, 4) is 11.3 Å². The number of nitrogens with one attached hydrogen (secondary N) is 2.